The number of carbonyl (C=O) groups is 3. The van der Waals surface area contributed by atoms with E-state index in [1.165, 1.54) is 12.1 Å². The number of nitrogens with two attached hydrogens (primary N) is 2. The predicted molar refractivity (Wildman–Crippen MR) is 157 cm³/mol. The Balaban J connectivity index is 0.000000386. The molecule has 0 spiro atoms. The average molecular weight is 605 g/mol. The summed E-state index contributed by atoms with van der Waals surface area (Å²) in [5.41, 5.74) is 13.3. The number of piperidine rings is 1. The lowest BCUT2D eigenvalue weighted by Gasteiger charge is -2.31. The zero-order chi connectivity index (χ0) is 31.9. The number of alkyl halides is 3. The molecular weight excluding hydrogens is 566 g/mol. The molecule has 0 saturated carbocycles. The van der Waals surface area contributed by atoms with Crippen molar-refractivity contribution < 1.29 is 37.2 Å². The van der Waals surface area contributed by atoms with Crippen LogP contribution in [0.3, 0.4) is 0 Å². The average Bonchev–Trinajstić information content (AvgIpc) is 3.17. The highest BCUT2D eigenvalue weighted by Crippen LogP contribution is 2.31. The Labute approximate surface area is 249 Å². The summed E-state index contributed by atoms with van der Waals surface area (Å²) in [6.07, 6.45) is -2.08. The van der Waals surface area contributed by atoms with E-state index in [0.29, 0.717) is 24.2 Å². The number of aryl methyl sites for hydroxylation is 1. The fourth-order valence-electron chi connectivity index (χ4n) is 4.85. The number of likely N-dealkylation sites (tertiary alicyclic amines) is 1. The molecular formula is C29H39BF3N5O5. The number of hydrogen-bond acceptors (Lipinski definition) is 7. The van der Waals surface area contributed by atoms with Crippen molar-refractivity contribution in [3.63, 3.8) is 0 Å². The second kappa shape index (κ2) is 14.3. The zero-order valence-corrected chi connectivity index (χ0v) is 24.5. The fraction of sp³-hybridized carbons (Fsp3) is 0.483. The lowest BCUT2D eigenvalue weighted by atomic mass is 9.78. The van der Waals surface area contributed by atoms with Gasteiger partial charge in [-0.05, 0) is 75.3 Å². The summed E-state index contributed by atoms with van der Waals surface area (Å²) in [6, 6.07) is 9.32. The van der Waals surface area contributed by atoms with Crippen molar-refractivity contribution in [3.05, 3.63) is 59.2 Å². The topological polar surface area (TPSA) is 160 Å². The first-order valence-corrected chi connectivity index (χ1v) is 14.1. The molecule has 2 aliphatic rings. The van der Waals surface area contributed by atoms with E-state index < -0.39 is 42.3 Å². The van der Waals surface area contributed by atoms with E-state index in [1.807, 2.05) is 13.8 Å². The van der Waals surface area contributed by atoms with E-state index in [2.05, 4.69) is 10.6 Å². The molecule has 2 aromatic rings. The highest BCUT2D eigenvalue weighted by molar-refractivity contribution is 6.62. The van der Waals surface area contributed by atoms with Crippen LogP contribution < -0.4 is 27.6 Å². The third-order valence-electron chi connectivity index (χ3n) is 7.27. The van der Waals surface area contributed by atoms with E-state index in [4.69, 9.17) is 16.1 Å². The fourth-order valence-corrected chi connectivity index (χ4v) is 4.85. The normalized spacial score (nSPS) is 18.2. The summed E-state index contributed by atoms with van der Waals surface area (Å²) in [4.78, 5) is 38.4. The van der Waals surface area contributed by atoms with E-state index in [1.54, 1.807) is 30.0 Å². The molecule has 1 saturated heterocycles. The quantitative estimate of drug-likeness (QED) is 0.301. The van der Waals surface area contributed by atoms with Crippen LogP contribution in [0.2, 0.25) is 0 Å². The predicted octanol–water partition coefficient (Wildman–Crippen LogP) is 1.77. The first-order chi connectivity index (χ1) is 20.1. The Morgan fingerprint density at radius 3 is 2.49 bits per heavy atom. The van der Waals surface area contributed by atoms with Gasteiger partial charge in [0.2, 0.25) is 17.7 Å². The van der Waals surface area contributed by atoms with Gasteiger partial charge < -0.3 is 36.7 Å². The van der Waals surface area contributed by atoms with Crippen molar-refractivity contribution in [1.29, 1.82) is 0 Å². The number of amides is 3. The van der Waals surface area contributed by atoms with Gasteiger partial charge in [0.05, 0.1) is 23.8 Å². The van der Waals surface area contributed by atoms with E-state index >= 15 is 0 Å². The molecule has 2 aromatic carbocycles. The molecule has 7 N–H and O–H groups in total. The molecule has 2 unspecified atom stereocenters. The Morgan fingerprint density at radius 1 is 1.19 bits per heavy atom. The Morgan fingerprint density at radius 2 is 1.86 bits per heavy atom. The summed E-state index contributed by atoms with van der Waals surface area (Å²) in [5.74, 6) is -0.994. The standard InChI is InChI=1S/C21H32BN5O5.C8H7F3/c1-21(2)15-6-5-14(10-16(15)22(31)32-21)26-18(28)11-25-20(30)17(24)7-8-19(29)27-9-3-4-13(23)12-27;1-6-2-4-7(5-3-6)8(9,10)11/h5-6,10,13,17,31H,3-4,7-9,11-12,23-24H2,1-2H3,(H,25,30)(H,26,28);2-5H,1H3. The van der Waals surface area contributed by atoms with Crippen molar-refractivity contribution in [2.24, 2.45) is 11.5 Å². The summed E-state index contributed by atoms with van der Waals surface area (Å²) in [6.45, 7) is 6.41. The summed E-state index contributed by atoms with van der Waals surface area (Å²) >= 11 is 0. The smallest absolute Gasteiger partial charge is 0.423 e. The number of rotatable bonds is 7. The van der Waals surface area contributed by atoms with E-state index in [0.717, 1.165) is 36.1 Å². The third-order valence-corrected chi connectivity index (χ3v) is 7.27. The number of nitrogens with zero attached hydrogens (tertiary/aromatic N) is 1. The number of nitrogens with one attached hydrogen (secondary N) is 2. The number of anilines is 1. The van der Waals surface area contributed by atoms with Gasteiger partial charge in [-0.3, -0.25) is 14.4 Å². The van der Waals surface area contributed by atoms with Crippen molar-refractivity contribution in [2.75, 3.05) is 25.0 Å². The van der Waals surface area contributed by atoms with Gasteiger partial charge in [-0.15, -0.1) is 0 Å². The van der Waals surface area contributed by atoms with Crippen LogP contribution in [-0.4, -0.2) is 66.5 Å². The van der Waals surface area contributed by atoms with Gasteiger partial charge in [-0.1, -0.05) is 23.8 Å². The molecule has 0 aromatic heterocycles. The summed E-state index contributed by atoms with van der Waals surface area (Å²) in [7, 11) is -1.06. The van der Waals surface area contributed by atoms with Crippen molar-refractivity contribution in [1.82, 2.24) is 10.2 Å². The lowest BCUT2D eigenvalue weighted by molar-refractivity contribution is -0.137. The molecule has 234 valence electrons. The number of halogens is 3. The molecule has 2 aliphatic heterocycles. The van der Waals surface area contributed by atoms with Gasteiger partial charge in [-0.2, -0.15) is 13.2 Å². The summed E-state index contributed by atoms with van der Waals surface area (Å²) in [5, 5.41) is 15.2. The second-order valence-electron chi connectivity index (χ2n) is 11.3. The number of fused-ring (bicyclic) bond motifs is 1. The van der Waals surface area contributed by atoms with Gasteiger partial charge in [-0.25, -0.2) is 0 Å². The zero-order valence-electron chi connectivity index (χ0n) is 24.5. The molecule has 4 rings (SSSR count). The van der Waals surface area contributed by atoms with Gasteiger partial charge in [0.15, 0.2) is 0 Å². The maximum Gasteiger partial charge on any atom is 0.492 e. The maximum atomic E-state index is 12.3. The maximum absolute atomic E-state index is 12.3. The van der Waals surface area contributed by atoms with E-state index in [9.17, 15) is 32.6 Å². The number of benzene rings is 2. The Hall–Kier alpha value is -3.46. The molecule has 10 nitrogen and oxygen atoms in total. The summed E-state index contributed by atoms with van der Waals surface area (Å²) < 4.78 is 41.3. The molecule has 0 bridgehead atoms. The molecule has 0 aliphatic carbocycles. The highest BCUT2D eigenvalue weighted by Gasteiger charge is 2.40. The van der Waals surface area contributed by atoms with Crippen LogP contribution in [0.5, 0.6) is 0 Å². The minimum absolute atomic E-state index is 0.00358. The Bertz CT molecular complexity index is 1290. The highest BCUT2D eigenvalue weighted by atomic mass is 19.4. The van der Waals surface area contributed by atoms with Crippen LogP contribution in [0.1, 0.15) is 56.2 Å². The monoisotopic (exact) mass is 605 g/mol. The largest absolute Gasteiger partial charge is 0.492 e. The second-order valence-corrected chi connectivity index (χ2v) is 11.3. The van der Waals surface area contributed by atoms with Crippen molar-refractivity contribution >= 4 is 36.0 Å². The minimum atomic E-state index is -4.21. The van der Waals surface area contributed by atoms with Crippen molar-refractivity contribution in [3.8, 4) is 0 Å². The molecule has 2 atom stereocenters. The van der Waals surface area contributed by atoms with Crippen LogP contribution >= 0.6 is 0 Å². The first-order valence-electron chi connectivity index (χ1n) is 14.1. The molecule has 2 heterocycles. The molecule has 3 amide bonds. The van der Waals surface area contributed by atoms with Gasteiger partial charge in [0.25, 0.3) is 0 Å². The van der Waals surface area contributed by atoms with Gasteiger partial charge in [0, 0.05) is 31.2 Å². The number of carbonyl (C=O) groups excluding carboxylic acids is 3. The van der Waals surface area contributed by atoms with Crippen LogP contribution in [0.25, 0.3) is 0 Å². The third kappa shape index (κ3) is 9.78. The van der Waals surface area contributed by atoms with Gasteiger partial charge in [0.1, 0.15) is 0 Å². The van der Waals surface area contributed by atoms with Crippen LogP contribution in [0, 0.1) is 6.92 Å². The van der Waals surface area contributed by atoms with Crippen molar-refractivity contribution in [2.45, 2.75) is 70.3 Å². The number of hydrogen-bond donors (Lipinski definition) is 5. The molecule has 0 radical (unpaired) electrons. The minimum Gasteiger partial charge on any atom is -0.423 e. The van der Waals surface area contributed by atoms with Crippen LogP contribution in [0.4, 0.5) is 18.9 Å². The van der Waals surface area contributed by atoms with Crippen LogP contribution in [-0.2, 0) is 30.8 Å². The molecule has 14 heteroatoms. The molecule has 1 fully saturated rings. The van der Waals surface area contributed by atoms with E-state index in [-0.39, 0.29) is 31.3 Å². The lowest BCUT2D eigenvalue weighted by Crippen LogP contribution is -2.47. The first kappa shape index (κ1) is 34.0. The van der Waals surface area contributed by atoms with Crippen LogP contribution in [0.15, 0.2) is 42.5 Å². The molecule has 43 heavy (non-hydrogen) atoms. The Kier molecular flexibility index (Phi) is 11.4. The SMILES string of the molecule is CC1(C)OB(O)c2cc(NC(=O)CNC(=O)C(N)CCC(=O)N3CCCC(N)C3)ccc21.Cc1ccc(C(F)(F)F)cc1. The van der Waals surface area contributed by atoms with Gasteiger partial charge >= 0.3 is 13.3 Å².